The van der Waals surface area contributed by atoms with Gasteiger partial charge in [0.2, 0.25) is 5.88 Å². The highest BCUT2D eigenvalue weighted by atomic mass is 32.2. The SMILES string of the molecule is CSc1ccccc1Oc1cccc(C(N)=S)n1. The van der Waals surface area contributed by atoms with Crippen molar-refractivity contribution in [3.8, 4) is 11.6 Å². The summed E-state index contributed by atoms with van der Waals surface area (Å²) in [4.78, 5) is 5.56. The van der Waals surface area contributed by atoms with Gasteiger partial charge in [-0.2, -0.15) is 0 Å². The summed E-state index contributed by atoms with van der Waals surface area (Å²) < 4.78 is 5.74. The van der Waals surface area contributed by atoms with Crippen LogP contribution in [0.4, 0.5) is 0 Å². The van der Waals surface area contributed by atoms with E-state index >= 15 is 0 Å². The van der Waals surface area contributed by atoms with Crippen LogP contribution in [-0.2, 0) is 0 Å². The van der Waals surface area contributed by atoms with Crippen LogP contribution in [0.5, 0.6) is 11.6 Å². The van der Waals surface area contributed by atoms with Crippen molar-refractivity contribution in [2.45, 2.75) is 4.90 Å². The number of nitrogens with zero attached hydrogens (tertiary/aromatic N) is 1. The first-order valence-electron chi connectivity index (χ1n) is 5.28. The molecule has 0 spiro atoms. The van der Waals surface area contributed by atoms with Gasteiger partial charge in [0.25, 0.3) is 0 Å². The Morgan fingerprint density at radius 2 is 2.00 bits per heavy atom. The molecular formula is C13H12N2OS2. The molecule has 18 heavy (non-hydrogen) atoms. The summed E-state index contributed by atoms with van der Waals surface area (Å²) in [5, 5.41) is 0. The lowest BCUT2D eigenvalue weighted by molar-refractivity contribution is 0.452. The Kier molecular flexibility index (Phi) is 4.17. The second kappa shape index (κ2) is 5.84. The maximum atomic E-state index is 5.74. The molecule has 0 aliphatic carbocycles. The second-order valence-electron chi connectivity index (χ2n) is 3.48. The van der Waals surface area contributed by atoms with E-state index in [-0.39, 0.29) is 4.99 Å². The molecule has 0 saturated heterocycles. The Morgan fingerprint density at radius 1 is 1.22 bits per heavy atom. The lowest BCUT2D eigenvalue weighted by Crippen LogP contribution is -2.11. The normalized spacial score (nSPS) is 10.1. The van der Waals surface area contributed by atoms with Gasteiger partial charge in [-0.05, 0) is 24.5 Å². The number of hydrogen-bond donors (Lipinski definition) is 1. The van der Waals surface area contributed by atoms with E-state index in [0.717, 1.165) is 10.6 Å². The lowest BCUT2D eigenvalue weighted by atomic mass is 10.3. The van der Waals surface area contributed by atoms with Crippen LogP contribution in [0.1, 0.15) is 5.69 Å². The van der Waals surface area contributed by atoms with Crippen molar-refractivity contribution in [2.24, 2.45) is 5.73 Å². The number of aromatic nitrogens is 1. The van der Waals surface area contributed by atoms with Crippen LogP contribution in [0.15, 0.2) is 47.4 Å². The molecule has 0 amide bonds. The van der Waals surface area contributed by atoms with E-state index in [2.05, 4.69) is 4.98 Å². The molecular weight excluding hydrogens is 264 g/mol. The Labute approximate surface area is 115 Å². The highest BCUT2D eigenvalue weighted by Crippen LogP contribution is 2.30. The molecule has 0 radical (unpaired) electrons. The zero-order valence-electron chi connectivity index (χ0n) is 9.79. The zero-order valence-corrected chi connectivity index (χ0v) is 11.4. The summed E-state index contributed by atoms with van der Waals surface area (Å²) >= 11 is 6.51. The molecule has 3 nitrogen and oxygen atoms in total. The number of hydrogen-bond acceptors (Lipinski definition) is 4. The summed E-state index contributed by atoms with van der Waals surface area (Å²) in [7, 11) is 0. The van der Waals surface area contributed by atoms with E-state index in [1.807, 2.05) is 36.6 Å². The molecule has 92 valence electrons. The Bertz CT molecular complexity index is 572. The summed E-state index contributed by atoms with van der Waals surface area (Å²) in [5.74, 6) is 1.26. The van der Waals surface area contributed by atoms with E-state index in [4.69, 9.17) is 22.7 Å². The van der Waals surface area contributed by atoms with Crippen LogP contribution < -0.4 is 10.5 Å². The fraction of sp³-hybridized carbons (Fsp3) is 0.0769. The van der Waals surface area contributed by atoms with E-state index in [1.165, 1.54) is 0 Å². The molecule has 2 N–H and O–H groups in total. The van der Waals surface area contributed by atoms with Gasteiger partial charge in [0.05, 0.1) is 0 Å². The fourth-order valence-electron chi connectivity index (χ4n) is 1.42. The van der Waals surface area contributed by atoms with Crippen molar-refractivity contribution in [3.05, 3.63) is 48.2 Å². The third-order valence-corrected chi connectivity index (χ3v) is 3.25. The topological polar surface area (TPSA) is 48.1 Å². The summed E-state index contributed by atoms with van der Waals surface area (Å²) in [6.07, 6.45) is 2.00. The molecule has 0 aliphatic rings. The first kappa shape index (κ1) is 12.9. The molecule has 1 aromatic carbocycles. The third-order valence-electron chi connectivity index (χ3n) is 2.26. The van der Waals surface area contributed by atoms with E-state index in [0.29, 0.717) is 11.6 Å². The number of para-hydroxylation sites is 1. The van der Waals surface area contributed by atoms with Gasteiger partial charge in [-0.25, -0.2) is 4.98 Å². The van der Waals surface area contributed by atoms with Crippen LogP contribution in [0, 0.1) is 0 Å². The number of rotatable bonds is 4. The van der Waals surface area contributed by atoms with Gasteiger partial charge in [0.1, 0.15) is 16.4 Å². The molecule has 0 atom stereocenters. The molecule has 0 aliphatic heterocycles. The van der Waals surface area contributed by atoms with Crippen molar-refractivity contribution < 1.29 is 4.74 Å². The molecule has 0 fully saturated rings. The van der Waals surface area contributed by atoms with Crippen LogP contribution in [0.3, 0.4) is 0 Å². The minimum atomic E-state index is 0.263. The quantitative estimate of drug-likeness (QED) is 0.686. The molecule has 2 aromatic rings. The predicted octanol–water partition coefficient (Wildman–Crippen LogP) is 3.23. The van der Waals surface area contributed by atoms with Crippen LogP contribution in [0.2, 0.25) is 0 Å². The van der Waals surface area contributed by atoms with Crippen molar-refractivity contribution in [2.75, 3.05) is 6.26 Å². The number of thiocarbonyl (C=S) groups is 1. The first-order valence-corrected chi connectivity index (χ1v) is 6.91. The molecule has 2 rings (SSSR count). The Balaban J connectivity index is 2.28. The van der Waals surface area contributed by atoms with E-state index < -0.39 is 0 Å². The Hall–Kier alpha value is -1.59. The minimum Gasteiger partial charge on any atom is -0.438 e. The minimum absolute atomic E-state index is 0.263. The largest absolute Gasteiger partial charge is 0.438 e. The zero-order chi connectivity index (χ0) is 13.0. The smallest absolute Gasteiger partial charge is 0.219 e. The molecule has 1 heterocycles. The number of ether oxygens (including phenoxy) is 1. The summed E-state index contributed by atoms with van der Waals surface area (Å²) in [6, 6.07) is 13.1. The maximum Gasteiger partial charge on any atom is 0.219 e. The van der Waals surface area contributed by atoms with Crippen LogP contribution >= 0.6 is 24.0 Å². The molecule has 5 heteroatoms. The van der Waals surface area contributed by atoms with Gasteiger partial charge in [-0.1, -0.05) is 30.4 Å². The second-order valence-corrected chi connectivity index (χ2v) is 4.77. The number of nitrogens with two attached hydrogens (primary N) is 1. The average Bonchev–Trinajstić information content (AvgIpc) is 2.39. The fourth-order valence-corrected chi connectivity index (χ4v) is 2.06. The van der Waals surface area contributed by atoms with E-state index in [1.54, 1.807) is 23.9 Å². The van der Waals surface area contributed by atoms with Gasteiger partial charge in [0, 0.05) is 11.0 Å². The van der Waals surface area contributed by atoms with Crippen LogP contribution in [0.25, 0.3) is 0 Å². The third kappa shape index (κ3) is 3.00. The predicted molar refractivity (Wildman–Crippen MR) is 78.4 cm³/mol. The average molecular weight is 276 g/mol. The summed E-state index contributed by atoms with van der Waals surface area (Å²) in [6.45, 7) is 0. The van der Waals surface area contributed by atoms with Crippen molar-refractivity contribution in [1.82, 2.24) is 4.98 Å². The van der Waals surface area contributed by atoms with Gasteiger partial charge in [0.15, 0.2) is 0 Å². The van der Waals surface area contributed by atoms with Crippen LogP contribution in [-0.4, -0.2) is 16.2 Å². The van der Waals surface area contributed by atoms with Gasteiger partial charge >= 0.3 is 0 Å². The maximum absolute atomic E-state index is 5.74. The highest BCUT2D eigenvalue weighted by molar-refractivity contribution is 7.98. The summed E-state index contributed by atoms with van der Waals surface area (Å²) in [5.41, 5.74) is 6.10. The monoisotopic (exact) mass is 276 g/mol. The van der Waals surface area contributed by atoms with Gasteiger partial charge in [-0.3, -0.25) is 0 Å². The molecule has 1 aromatic heterocycles. The van der Waals surface area contributed by atoms with Gasteiger partial charge < -0.3 is 10.5 Å². The highest BCUT2D eigenvalue weighted by Gasteiger charge is 2.05. The van der Waals surface area contributed by atoms with Gasteiger partial charge in [-0.15, -0.1) is 11.8 Å². The van der Waals surface area contributed by atoms with E-state index in [9.17, 15) is 0 Å². The number of benzene rings is 1. The van der Waals surface area contributed by atoms with Crippen molar-refractivity contribution in [3.63, 3.8) is 0 Å². The molecule has 0 saturated carbocycles. The first-order chi connectivity index (χ1) is 8.70. The number of pyridine rings is 1. The lowest BCUT2D eigenvalue weighted by Gasteiger charge is -2.09. The van der Waals surface area contributed by atoms with Crippen molar-refractivity contribution in [1.29, 1.82) is 0 Å². The molecule has 0 unspecified atom stereocenters. The molecule has 0 bridgehead atoms. The van der Waals surface area contributed by atoms with Crippen molar-refractivity contribution >= 4 is 29.0 Å². The Morgan fingerprint density at radius 3 is 2.72 bits per heavy atom. The number of thioether (sulfide) groups is 1. The standard InChI is InChI=1S/C13H12N2OS2/c1-18-11-7-3-2-6-10(11)16-12-8-4-5-9(15-12)13(14)17/h2-8H,1H3,(H2,14,17).